The number of benzene rings is 1. The second-order valence-corrected chi connectivity index (χ2v) is 3.81. The standard InChI is InChI=1S/C13H13N3O/c1-9-5-6-11(8-10(9)2)15-16-13-12(17)4-3-7-14-13/h3-8,17H,1-2H3. The minimum absolute atomic E-state index is 0.0279. The highest BCUT2D eigenvalue weighted by Gasteiger charge is 1.99. The zero-order valence-corrected chi connectivity index (χ0v) is 9.75. The van der Waals surface area contributed by atoms with E-state index in [-0.39, 0.29) is 11.6 Å². The number of pyridine rings is 1. The van der Waals surface area contributed by atoms with Crippen molar-refractivity contribution in [2.45, 2.75) is 13.8 Å². The molecule has 0 spiro atoms. The minimum Gasteiger partial charge on any atom is -0.504 e. The topological polar surface area (TPSA) is 57.8 Å². The number of aromatic nitrogens is 1. The Morgan fingerprint density at radius 3 is 2.59 bits per heavy atom. The van der Waals surface area contributed by atoms with Crippen LogP contribution in [0.15, 0.2) is 46.8 Å². The molecule has 1 N–H and O–H groups in total. The van der Waals surface area contributed by atoms with Crippen molar-refractivity contribution in [1.29, 1.82) is 0 Å². The van der Waals surface area contributed by atoms with Crippen molar-refractivity contribution in [1.82, 2.24) is 4.98 Å². The predicted molar refractivity (Wildman–Crippen MR) is 66.0 cm³/mol. The van der Waals surface area contributed by atoms with E-state index in [1.54, 1.807) is 12.3 Å². The third-order valence-corrected chi connectivity index (χ3v) is 2.52. The van der Waals surface area contributed by atoms with Crippen LogP contribution in [-0.2, 0) is 0 Å². The lowest BCUT2D eigenvalue weighted by atomic mass is 10.1. The van der Waals surface area contributed by atoms with E-state index in [9.17, 15) is 5.11 Å². The predicted octanol–water partition coefficient (Wildman–Crippen LogP) is 3.82. The van der Waals surface area contributed by atoms with Gasteiger partial charge in [-0.1, -0.05) is 6.07 Å². The van der Waals surface area contributed by atoms with Gasteiger partial charge in [0, 0.05) is 6.20 Å². The molecule has 1 aromatic heterocycles. The third kappa shape index (κ3) is 2.66. The fourth-order valence-electron chi connectivity index (χ4n) is 1.36. The van der Waals surface area contributed by atoms with E-state index < -0.39 is 0 Å². The van der Waals surface area contributed by atoms with Gasteiger partial charge in [-0.25, -0.2) is 4.98 Å². The van der Waals surface area contributed by atoms with Gasteiger partial charge < -0.3 is 5.11 Å². The normalized spacial score (nSPS) is 10.9. The fourth-order valence-corrected chi connectivity index (χ4v) is 1.36. The van der Waals surface area contributed by atoms with Crippen LogP contribution in [0.4, 0.5) is 11.5 Å². The molecule has 0 saturated carbocycles. The van der Waals surface area contributed by atoms with Gasteiger partial charge in [0.1, 0.15) is 0 Å². The fraction of sp³-hybridized carbons (Fsp3) is 0.154. The molecule has 86 valence electrons. The SMILES string of the molecule is Cc1ccc(N=Nc2ncccc2O)cc1C. The van der Waals surface area contributed by atoms with Crippen molar-refractivity contribution >= 4 is 11.5 Å². The number of nitrogens with zero attached hydrogens (tertiary/aromatic N) is 3. The number of rotatable bonds is 2. The summed E-state index contributed by atoms with van der Waals surface area (Å²) in [5.74, 6) is 0.255. The van der Waals surface area contributed by atoms with Gasteiger partial charge in [0.2, 0.25) is 5.82 Å². The zero-order chi connectivity index (χ0) is 12.3. The Morgan fingerprint density at radius 2 is 1.88 bits per heavy atom. The molecule has 2 rings (SSSR count). The molecule has 17 heavy (non-hydrogen) atoms. The molecular formula is C13H13N3O. The summed E-state index contributed by atoms with van der Waals surface area (Å²) in [6, 6.07) is 8.98. The van der Waals surface area contributed by atoms with Crippen molar-refractivity contribution < 1.29 is 5.11 Å². The van der Waals surface area contributed by atoms with E-state index >= 15 is 0 Å². The largest absolute Gasteiger partial charge is 0.504 e. The van der Waals surface area contributed by atoms with Gasteiger partial charge in [-0.15, -0.1) is 10.2 Å². The van der Waals surface area contributed by atoms with Crippen LogP contribution in [0.3, 0.4) is 0 Å². The molecule has 0 unspecified atom stereocenters. The van der Waals surface area contributed by atoms with Gasteiger partial charge >= 0.3 is 0 Å². The summed E-state index contributed by atoms with van der Waals surface area (Å²) in [6.07, 6.45) is 1.56. The molecule has 0 bridgehead atoms. The van der Waals surface area contributed by atoms with Gasteiger partial charge in [-0.2, -0.15) is 0 Å². The first-order chi connectivity index (χ1) is 8.16. The molecule has 0 amide bonds. The smallest absolute Gasteiger partial charge is 0.216 e. The molecule has 0 fully saturated rings. The van der Waals surface area contributed by atoms with E-state index in [1.165, 1.54) is 11.6 Å². The number of azo groups is 1. The summed E-state index contributed by atoms with van der Waals surface area (Å²) in [5.41, 5.74) is 3.12. The maximum Gasteiger partial charge on any atom is 0.216 e. The highest BCUT2D eigenvalue weighted by molar-refractivity contribution is 5.45. The third-order valence-electron chi connectivity index (χ3n) is 2.52. The van der Waals surface area contributed by atoms with Gasteiger partial charge in [0.05, 0.1) is 5.69 Å². The molecule has 4 heteroatoms. The van der Waals surface area contributed by atoms with Crippen LogP contribution in [0.2, 0.25) is 0 Å². The van der Waals surface area contributed by atoms with E-state index in [0.29, 0.717) is 0 Å². The van der Waals surface area contributed by atoms with Crippen LogP contribution in [0.25, 0.3) is 0 Å². The lowest BCUT2D eigenvalue weighted by Gasteiger charge is -1.99. The van der Waals surface area contributed by atoms with Crippen molar-refractivity contribution in [3.05, 3.63) is 47.7 Å². The van der Waals surface area contributed by atoms with Crippen LogP contribution >= 0.6 is 0 Å². The van der Waals surface area contributed by atoms with Crippen LogP contribution in [-0.4, -0.2) is 10.1 Å². The molecule has 0 aliphatic rings. The van der Waals surface area contributed by atoms with Crippen LogP contribution < -0.4 is 0 Å². The minimum atomic E-state index is 0.0279. The molecule has 4 nitrogen and oxygen atoms in total. The monoisotopic (exact) mass is 227 g/mol. The Kier molecular flexibility index (Phi) is 3.14. The zero-order valence-electron chi connectivity index (χ0n) is 9.75. The maximum atomic E-state index is 9.47. The first-order valence-corrected chi connectivity index (χ1v) is 5.30. The van der Waals surface area contributed by atoms with Crippen LogP contribution in [0, 0.1) is 13.8 Å². The van der Waals surface area contributed by atoms with Gasteiger partial charge in [-0.05, 0) is 49.2 Å². The average Bonchev–Trinajstić information content (AvgIpc) is 2.32. The Labute approximate surface area is 99.7 Å². The Balaban J connectivity index is 2.26. The van der Waals surface area contributed by atoms with Crippen LogP contribution in [0.1, 0.15) is 11.1 Å². The van der Waals surface area contributed by atoms with Crippen molar-refractivity contribution in [2.75, 3.05) is 0 Å². The Morgan fingerprint density at radius 1 is 1.06 bits per heavy atom. The molecule has 1 aromatic carbocycles. The first kappa shape index (κ1) is 11.3. The molecule has 2 aromatic rings. The van der Waals surface area contributed by atoms with E-state index in [2.05, 4.69) is 15.2 Å². The number of hydrogen-bond acceptors (Lipinski definition) is 4. The summed E-state index contributed by atoms with van der Waals surface area (Å²) in [6.45, 7) is 4.06. The van der Waals surface area contributed by atoms with Crippen molar-refractivity contribution in [3.8, 4) is 5.75 Å². The number of aryl methyl sites for hydroxylation is 2. The Bertz CT molecular complexity index is 564. The van der Waals surface area contributed by atoms with Crippen LogP contribution in [0.5, 0.6) is 5.75 Å². The average molecular weight is 227 g/mol. The van der Waals surface area contributed by atoms with Gasteiger partial charge in [-0.3, -0.25) is 0 Å². The molecule has 0 atom stereocenters. The van der Waals surface area contributed by atoms with Crippen molar-refractivity contribution in [3.63, 3.8) is 0 Å². The van der Waals surface area contributed by atoms with Crippen molar-refractivity contribution in [2.24, 2.45) is 10.2 Å². The highest BCUT2D eigenvalue weighted by atomic mass is 16.3. The second-order valence-electron chi connectivity index (χ2n) is 3.81. The summed E-state index contributed by atoms with van der Waals surface area (Å²) in [4.78, 5) is 3.92. The summed E-state index contributed by atoms with van der Waals surface area (Å²) in [7, 11) is 0. The summed E-state index contributed by atoms with van der Waals surface area (Å²) >= 11 is 0. The molecule has 0 aliphatic carbocycles. The second kappa shape index (κ2) is 4.74. The molecule has 1 heterocycles. The lowest BCUT2D eigenvalue weighted by molar-refractivity contribution is 0.474. The number of aromatic hydroxyl groups is 1. The highest BCUT2D eigenvalue weighted by Crippen LogP contribution is 2.25. The van der Waals surface area contributed by atoms with Gasteiger partial charge in [0.15, 0.2) is 5.75 Å². The number of hydrogen-bond donors (Lipinski definition) is 1. The van der Waals surface area contributed by atoms with E-state index in [0.717, 1.165) is 11.3 Å². The molecule has 0 aliphatic heterocycles. The van der Waals surface area contributed by atoms with E-state index in [4.69, 9.17) is 0 Å². The maximum absolute atomic E-state index is 9.47. The molecule has 0 radical (unpaired) electrons. The molecule has 0 saturated heterocycles. The lowest BCUT2D eigenvalue weighted by Crippen LogP contribution is -1.78. The summed E-state index contributed by atoms with van der Waals surface area (Å²) < 4.78 is 0. The summed E-state index contributed by atoms with van der Waals surface area (Å²) in [5, 5.41) is 17.4. The first-order valence-electron chi connectivity index (χ1n) is 5.30. The molecular weight excluding hydrogens is 214 g/mol. The van der Waals surface area contributed by atoms with Gasteiger partial charge in [0.25, 0.3) is 0 Å². The van der Waals surface area contributed by atoms with E-state index in [1.807, 2.05) is 32.0 Å². The quantitative estimate of drug-likeness (QED) is 0.793. The Hall–Kier alpha value is -2.23.